The fourth-order valence-corrected chi connectivity index (χ4v) is 2.84. The van der Waals surface area contributed by atoms with E-state index >= 15 is 0 Å². The first-order valence-corrected chi connectivity index (χ1v) is 10.7. The Balaban J connectivity index is 0. The maximum Gasteiger partial charge on any atom is 0.397 e. The minimum Gasteiger partial charge on any atom is -0.344 e. The van der Waals surface area contributed by atoms with Gasteiger partial charge in [0.1, 0.15) is 0 Å². The molecule has 0 spiro atoms. The molecule has 0 saturated heterocycles. The summed E-state index contributed by atoms with van der Waals surface area (Å²) in [5.41, 5.74) is 0. The van der Waals surface area contributed by atoms with Gasteiger partial charge in [0.15, 0.2) is 0 Å². The zero-order valence-electron chi connectivity index (χ0n) is 15.5. The predicted molar refractivity (Wildman–Crippen MR) is 102 cm³/mol. The summed E-state index contributed by atoms with van der Waals surface area (Å²) >= 11 is 0. The van der Waals surface area contributed by atoms with Crippen LogP contribution in [-0.2, 0) is 14.6 Å². The summed E-state index contributed by atoms with van der Waals surface area (Å²) in [6, 6.07) is 0. The maximum absolute atomic E-state index is 10.3. The van der Waals surface area contributed by atoms with Gasteiger partial charge in [-0.05, 0) is 32.1 Å². The van der Waals surface area contributed by atoms with Crippen molar-refractivity contribution < 1.29 is 17.2 Å². The van der Waals surface area contributed by atoms with Gasteiger partial charge < -0.3 is 6.15 Å². The van der Waals surface area contributed by atoms with Crippen LogP contribution in [0.15, 0.2) is 12.2 Å². The number of unbranched alkanes of at least 4 members (excludes halogenated alkanes) is 12. The summed E-state index contributed by atoms with van der Waals surface area (Å²) < 4.78 is 33.3. The van der Waals surface area contributed by atoms with E-state index in [-0.39, 0.29) is 12.8 Å². The summed E-state index contributed by atoms with van der Waals surface area (Å²) in [4.78, 5) is 0. The Hall–Kier alpha value is -0.430. The van der Waals surface area contributed by atoms with Gasteiger partial charge in [-0.3, -0.25) is 4.55 Å². The Morgan fingerprint density at radius 2 is 1.17 bits per heavy atom. The van der Waals surface area contributed by atoms with Crippen LogP contribution in [0.1, 0.15) is 96.8 Å². The molecular formula is C18H39NO4S. The topological polar surface area (TPSA) is 98.6 Å². The van der Waals surface area contributed by atoms with Gasteiger partial charge in [-0.1, -0.05) is 76.9 Å². The summed E-state index contributed by atoms with van der Waals surface area (Å²) in [5.74, 6) is 0. The molecule has 24 heavy (non-hydrogen) atoms. The quantitative estimate of drug-likeness (QED) is 0.187. The second-order valence-electron chi connectivity index (χ2n) is 6.19. The highest BCUT2D eigenvalue weighted by molar-refractivity contribution is 7.80. The molecule has 0 aromatic rings. The predicted octanol–water partition coefficient (Wildman–Crippen LogP) is 6.01. The van der Waals surface area contributed by atoms with Gasteiger partial charge in [-0.15, -0.1) is 0 Å². The third-order valence-corrected chi connectivity index (χ3v) is 4.35. The van der Waals surface area contributed by atoms with Crippen molar-refractivity contribution in [3.8, 4) is 0 Å². The molecule has 0 saturated carbocycles. The third-order valence-electron chi connectivity index (χ3n) is 3.89. The number of allylic oxidation sites excluding steroid dienone is 2. The SMILES string of the molecule is CCCCCCCC/C=C\CCCCCCCCOS(=O)(=O)O.N. The molecule has 6 heteroatoms. The van der Waals surface area contributed by atoms with Crippen LogP contribution in [0.4, 0.5) is 0 Å². The molecule has 5 nitrogen and oxygen atoms in total. The lowest BCUT2D eigenvalue weighted by atomic mass is 10.1. The molecule has 0 aromatic carbocycles. The van der Waals surface area contributed by atoms with Gasteiger partial charge in [0, 0.05) is 0 Å². The van der Waals surface area contributed by atoms with Crippen molar-refractivity contribution in [1.82, 2.24) is 6.15 Å². The Kier molecular flexibility index (Phi) is 20.3. The first-order chi connectivity index (χ1) is 11.1. The van der Waals surface area contributed by atoms with Gasteiger partial charge in [-0.2, -0.15) is 8.42 Å². The molecule has 0 rings (SSSR count). The van der Waals surface area contributed by atoms with Crippen molar-refractivity contribution >= 4 is 10.4 Å². The van der Waals surface area contributed by atoms with E-state index < -0.39 is 10.4 Å². The van der Waals surface area contributed by atoms with Crippen LogP contribution < -0.4 is 6.15 Å². The number of hydrogen-bond donors (Lipinski definition) is 2. The van der Waals surface area contributed by atoms with Crippen molar-refractivity contribution in [1.29, 1.82) is 0 Å². The number of hydrogen-bond acceptors (Lipinski definition) is 4. The molecule has 0 aliphatic rings. The highest BCUT2D eigenvalue weighted by Crippen LogP contribution is 2.10. The van der Waals surface area contributed by atoms with Crippen molar-refractivity contribution in [2.24, 2.45) is 0 Å². The lowest BCUT2D eigenvalue weighted by molar-refractivity contribution is 0.261. The minimum atomic E-state index is -4.25. The van der Waals surface area contributed by atoms with E-state index in [1.807, 2.05) is 0 Å². The highest BCUT2D eigenvalue weighted by atomic mass is 32.3. The molecule has 0 bridgehead atoms. The van der Waals surface area contributed by atoms with Crippen molar-refractivity contribution in [2.45, 2.75) is 96.8 Å². The average molecular weight is 366 g/mol. The van der Waals surface area contributed by atoms with E-state index in [9.17, 15) is 8.42 Å². The van der Waals surface area contributed by atoms with Crippen LogP contribution in [0, 0.1) is 0 Å². The van der Waals surface area contributed by atoms with Crippen LogP contribution in [0.25, 0.3) is 0 Å². The maximum atomic E-state index is 10.3. The van der Waals surface area contributed by atoms with E-state index in [4.69, 9.17) is 4.55 Å². The normalized spacial score (nSPS) is 11.8. The summed E-state index contributed by atoms with van der Waals surface area (Å²) in [6.07, 6.45) is 21.5. The molecular weight excluding hydrogens is 326 g/mol. The average Bonchev–Trinajstić information content (AvgIpc) is 2.49. The van der Waals surface area contributed by atoms with E-state index in [1.54, 1.807) is 0 Å². The fraction of sp³-hybridized carbons (Fsp3) is 0.889. The number of rotatable bonds is 17. The lowest BCUT2D eigenvalue weighted by Gasteiger charge is -2.01. The largest absolute Gasteiger partial charge is 0.397 e. The summed E-state index contributed by atoms with van der Waals surface area (Å²) in [5, 5.41) is 0. The fourth-order valence-electron chi connectivity index (χ4n) is 2.51. The Morgan fingerprint density at radius 1 is 0.750 bits per heavy atom. The molecule has 0 aromatic heterocycles. The summed E-state index contributed by atoms with van der Waals surface area (Å²) in [6.45, 7) is 2.33. The standard InChI is InChI=1S/C18H36O4S.H3N/c1-2-3-4-5-6-7-8-9-10-11-12-13-14-15-16-17-18-22-23(19,20)21;/h9-10H,2-8,11-18H2,1H3,(H,19,20,21);1H3/b10-9-;. The van der Waals surface area contributed by atoms with E-state index in [0.29, 0.717) is 6.42 Å². The zero-order valence-corrected chi connectivity index (χ0v) is 16.4. The molecule has 0 heterocycles. The monoisotopic (exact) mass is 365 g/mol. The Bertz CT molecular complexity index is 369. The second-order valence-corrected chi connectivity index (χ2v) is 7.28. The summed E-state index contributed by atoms with van der Waals surface area (Å²) in [7, 11) is -4.25. The zero-order chi connectivity index (χ0) is 17.2. The van der Waals surface area contributed by atoms with Crippen LogP contribution in [-0.4, -0.2) is 19.6 Å². The molecule has 0 unspecified atom stereocenters. The molecule has 0 fully saturated rings. The molecule has 0 aliphatic carbocycles. The van der Waals surface area contributed by atoms with Gasteiger partial charge in [0.05, 0.1) is 6.61 Å². The molecule has 146 valence electrons. The van der Waals surface area contributed by atoms with Gasteiger partial charge >= 0.3 is 10.4 Å². The molecule has 0 radical (unpaired) electrons. The van der Waals surface area contributed by atoms with Crippen molar-refractivity contribution in [3.05, 3.63) is 12.2 Å². The van der Waals surface area contributed by atoms with E-state index in [0.717, 1.165) is 12.8 Å². The molecule has 0 atom stereocenters. The molecule has 0 aliphatic heterocycles. The Labute approximate surface area is 149 Å². The van der Waals surface area contributed by atoms with Gasteiger partial charge in [0.25, 0.3) is 0 Å². The molecule has 0 amide bonds. The minimum absolute atomic E-state index is 0. The third kappa shape index (κ3) is 23.8. The van der Waals surface area contributed by atoms with Crippen LogP contribution in [0.3, 0.4) is 0 Å². The lowest BCUT2D eigenvalue weighted by Crippen LogP contribution is -2.04. The van der Waals surface area contributed by atoms with Crippen molar-refractivity contribution in [2.75, 3.05) is 6.61 Å². The smallest absolute Gasteiger partial charge is 0.344 e. The first kappa shape index (κ1) is 25.8. The highest BCUT2D eigenvalue weighted by Gasteiger charge is 2.02. The second kappa shape index (κ2) is 18.9. The van der Waals surface area contributed by atoms with Crippen LogP contribution >= 0.6 is 0 Å². The van der Waals surface area contributed by atoms with Gasteiger partial charge in [0.2, 0.25) is 0 Å². The van der Waals surface area contributed by atoms with Gasteiger partial charge in [-0.25, -0.2) is 4.18 Å². The van der Waals surface area contributed by atoms with Crippen LogP contribution in [0.5, 0.6) is 0 Å². The van der Waals surface area contributed by atoms with Crippen LogP contribution in [0.2, 0.25) is 0 Å². The van der Waals surface area contributed by atoms with E-state index in [1.165, 1.54) is 70.6 Å². The first-order valence-electron chi connectivity index (χ1n) is 9.33. The molecule has 4 N–H and O–H groups in total. The van der Waals surface area contributed by atoms with Crippen molar-refractivity contribution in [3.63, 3.8) is 0 Å². The Morgan fingerprint density at radius 3 is 1.62 bits per heavy atom. The van der Waals surface area contributed by atoms with E-state index in [2.05, 4.69) is 23.3 Å².